The molecule has 3 heterocycles. The van der Waals surface area contributed by atoms with Gasteiger partial charge in [0.1, 0.15) is 24.5 Å². The lowest BCUT2D eigenvalue weighted by molar-refractivity contribution is 0.358. The molecule has 0 bridgehead atoms. The zero-order valence-electron chi connectivity index (χ0n) is 20.1. The first-order chi connectivity index (χ1) is 16.8. The average molecular weight is 487 g/mol. The molecular weight excluding hydrogens is 459 g/mol. The maximum absolute atomic E-state index is 14.1. The number of aromatic nitrogens is 2. The summed E-state index contributed by atoms with van der Waals surface area (Å²) >= 11 is 0. The van der Waals surface area contributed by atoms with Crippen molar-refractivity contribution >= 4 is 29.2 Å². The molecule has 8 nitrogen and oxygen atoms in total. The van der Waals surface area contributed by atoms with Crippen LogP contribution in [0.4, 0.5) is 5.82 Å². The van der Waals surface area contributed by atoms with Crippen molar-refractivity contribution < 1.29 is 9.30 Å². The van der Waals surface area contributed by atoms with Gasteiger partial charge in [0, 0.05) is 42.8 Å². The SMILES string of the molecule is Cc1nc(N[C@H](C)c2cccc(C#N)c2C)c2cc(P3(=O)CCN(C#N)CC3)c3c(c2n1)CCO3. The van der Waals surface area contributed by atoms with Gasteiger partial charge in [-0.15, -0.1) is 0 Å². The van der Waals surface area contributed by atoms with Gasteiger partial charge in [-0.3, -0.25) is 0 Å². The first kappa shape index (κ1) is 23.1. The third kappa shape index (κ3) is 3.99. The van der Waals surface area contributed by atoms with E-state index in [1.807, 2.05) is 45.0 Å². The molecule has 35 heavy (non-hydrogen) atoms. The minimum absolute atomic E-state index is 0.108. The molecule has 1 aromatic heterocycles. The van der Waals surface area contributed by atoms with Gasteiger partial charge < -0.3 is 19.5 Å². The molecule has 2 aliphatic heterocycles. The quantitative estimate of drug-likeness (QED) is 0.435. The fourth-order valence-corrected chi connectivity index (χ4v) is 7.90. The summed E-state index contributed by atoms with van der Waals surface area (Å²) in [4.78, 5) is 11.1. The van der Waals surface area contributed by atoms with Crippen molar-refractivity contribution in [1.29, 1.82) is 10.5 Å². The molecular formula is C26H27N6O2P. The number of hydrogen-bond donors (Lipinski definition) is 1. The lowest BCUT2D eigenvalue weighted by Gasteiger charge is -2.30. The van der Waals surface area contributed by atoms with Crippen LogP contribution in [0.3, 0.4) is 0 Å². The number of fused-ring (bicyclic) bond motifs is 3. The molecule has 0 aliphatic carbocycles. The van der Waals surface area contributed by atoms with E-state index < -0.39 is 7.14 Å². The Morgan fingerprint density at radius 2 is 1.97 bits per heavy atom. The van der Waals surface area contributed by atoms with E-state index in [2.05, 4.69) is 17.6 Å². The summed E-state index contributed by atoms with van der Waals surface area (Å²) in [5, 5.41) is 23.8. The van der Waals surface area contributed by atoms with Crippen molar-refractivity contribution in [2.24, 2.45) is 0 Å². The summed E-state index contributed by atoms with van der Waals surface area (Å²) in [5.41, 5.74) is 4.43. The predicted molar refractivity (Wildman–Crippen MR) is 136 cm³/mol. The number of benzene rings is 2. The largest absolute Gasteiger partial charge is 0.492 e. The number of nitrogens with zero attached hydrogens (tertiary/aromatic N) is 5. The highest BCUT2D eigenvalue weighted by Gasteiger charge is 2.36. The molecule has 2 aliphatic rings. The first-order valence-corrected chi connectivity index (χ1v) is 13.9. The second kappa shape index (κ2) is 8.87. The normalized spacial score (nSPS) is 17.2. The van der Waals surface area contributed by atoms with Gasteiger partial charge in [-0.2, -0.15) is 10.5 Å². The van der Waals surface area contributed by atoms with Crippen molar-refractivity contribution in [2.45, 2.75) is 33.2 Å². The Labute approximate surface area is 204 Å². The van der Waals surface area contributed by atoms with Crippen molar-refractivity contribution in [3.63, 3.8) is 0 Å². The van der Waals surface area contributed by atoms with Crippen LogP contribution < -0.4 is 15.4 Å². The van der Waals surface area contributed by atoms with Crippen LogP contribution in [0, 0.1) is 36.6 Å². The van der Waals surface area contributed by atoms with E-state index in [-0.39, 0.29) is 6.04 Å². The summed E-state index contributed by atoms with van der Waals surface area (Å²) in [6.07, 6.45) is 3.78. The fraction of sp³-hybridized carbons (Fsp3) is 0.385. The summed E-state index contributed by atoms with van der Waals surface area (Å²) in [6, 6.07) is 9.83. The number of ether oxygens (including phenoxy) is 1. The van der Waals surface area contributed by atoms with Gasteiger partial charge in [0.15, 0.2) is 6.19 Å². The molecule has 1 fully saturated rings. The third-order valence-electron chi connectivity index (χ3n) is 7.09. The fourth-order valence-electron chi connectivity index (χ4n) is 5.13. The van der Waals surface area contributed by atoms with Gasteiger partial charge in [0.25, 0.3) is 0 Å². The van der Waals surface area contributed by atoms with Gasteiger partial charge in [0.05, 0.1) is 35.1 Å². The van der Waals surface area contributed by atoms with Crippen LogP contribution in [0.1, 0.15) is 41.0 Å². The second-order valence-electron chi connectivity index (χ2n) is 9.24. The van der Waals surface area contributed by atoms with Crippen molar-refractivity contribution in [2.75, 3.05) is 37.3 Å². The van der Waals surface area contributed by atoms with E-state index in [4.69, 9.17) is 14.7 Å². The Balaban J connectivity index is 1.62. The highest BCUT2D eigenvalue weighted by atomic mass is 31.2. The van der Waals surface area contributed by atoms with E-state index in [0.29, 0.717) is 61.4 Å². The molecule has 0 amide bonds. The monoisotopic (exact) mass is 486 g/mol. The van der Waals surface area contributed by atoms with Crippen LogP contribution in [0.15, 0.2) is 24.3 Å². The maximum Gasteiger partial charge on any atom is 0.179 e. The van der Waals surface area contributed by atoms with Gasteiger partial charge in [-0.25, -0.2) is 9.97 Å². The van der Waals surface area contributed by atoms with E-state index in [9.17, 15) is 15.1 Å². The summed E-state index contributed by atoms with van der Waals surface area (Å²) in [7, 11) is -2.74. The molecule has 1 atom stereocenters. The van der Waals surface area contributed by atoms with E-state index >= 15 is 0 Å². The predicted octanol–water partition coefficient (Wildman–Crippen LogP) is 4.01. The topological polar surface area (TPSA) is 115 Å². The first-order valence-electron chi connectivity index (χ1n) is 11.8. The lowest BCUT2D eigenvalue weighted by atomic mass is 9.98. The molecule has 3 aromatic rings. The molecule has 0 unspecified atom stereocenters. The van der Waals surface area contributed by atoms with Gasteiger partial charge in [-0.05, 0) is 44.0 Å². The lowest BCUT2D eigenvalue weighted by Crippen LogP contribution is -2.34. The minimum atomic E-state index is -2.74. The molecule has 178 valence electrons. The standard InChI is InChI=1S/C26H27N6O2P/c1-16-19(14-27)5-4-6-20(16)17(2)29-26-22-13-23(35(33)11-8-32(15-28)9-12-35)25-21(7-10-34-25)24(22)30-18(3)31-26/h4-6,13,17H,7-12H2,1-3H3,(H,29,30,31)/t17-/m1/s1. The molecule has 9 heteroatoms. The molecule has 2 aromatic carbocycles. The molecule has 0 radical (unpaired) electrons. The Morgan fingerprint density at radius 3 is 2.69 bits per heavy atom. The van der Waals surface area contributed by atoms with Crippen LogP contribution in [-0.2, 0) is 11.0 Å². The van der Waals surface area contributed by atoms with Crippen LogP contribution >= 0.6 is 7.14 Å². The highest BCUT2D eigenvalue weighted by Crippen LogP contribution is 2.51. The molecule has 1 N–H and O–H groups in total. The molecule has 1 saturated heterocycles. The number of hydrogen-bond acceptors (Lipinski definition) is 8. The summed E-state index contributed by atoms with van der Waals surface area (Å²) in [5.74, 6) is 2.03. The number of rotatable bonds is 4. The van der Waals surface area contributed by atoms with E-state index in [1.165, 1.54) is 0 Å². The van der Waals surface area contributed by atoms with E-state index in [1.54, 1.807) is 4.90 Å². The average Bonchev–Trinajstić information content (AvgIpc) is 3.34. The highest BCUT2D eigenvalue weighted by molar-refractivity contribution is 7.72. The molecule has 5 rings (SSSR count). The third-order valence-corrected chi connectivity index (χ3v) is 10.1. The number of anilines is 1. The van der Waals surface area contributed by atoms with Crippen molar-refractivity contribution in [1.82, 2.24) is 14.9 Å². The number of nitrogens with one attached hydrogen (secondary N) is 1. The van der Waals surface area contributed by atoms with E-state index in [0.717, 1.165) is 32.9 Å². The number of aryl methyl sites for hydroxylation is 1. The minimum Gasteiger partial charge on any atom is -0.492 e. The van der Waals surface area contributed by atoms with Crippen LogP contribution in [0.2, 0.25) is 0 Å². The second-order valence-corrected chi connectivity index (χ2v) is 12.4. The van der Waals surface area contributed by atoms with Gasteiger partial charge in [-0.1, -0.05) is 12.1 Å². The smallest absolute Gasteiger partial charge is 0.179 e. The van der Waals surface area contributed by atoms with Crippen molar-refractivity contribution in [3.8, 4) is 18.0 Å². The van der Waals surface area contributed by atoms with Crippen LogP contribution in [0.5, 0.6) is 5.75 Å². The van der Waals surface area contributed by atoms with Crippen LogP contribution in [0.25, 0.3) is 10.9 Å². The Morgan fingerprint density at radius 1 is 1.20 bits per heavy atom. The molecule has 0 spiro atoms. The Bertz CT molecular complexity index is 1460. The molecule has 0 saturated carbocycles. The van der Waals surface area contributed by atoms with Gasteiger partial charge >= 0.3 is 0 Å². The number of nitriles is 2. The zero-order valence-corrected chi connectivity index (χ0v) is 21.0. The zero-order chi connectivity index (χ0) is 24.7. The van der Waals surface area contributed by atoms with Gasteiger partial charge in [0.2, 0.25) is 0 Å². The summed E-state index contributed by atoms with van der Waals surface area (Å²) < 4.78 is 20.1. The maximum atomic E-state index is 14.1. The Hall–Kier alpha value is -3.61. The van der Waals surface area contributed by atoms with Crippen LogP contribution in [-0.4, -0.2) is 46.9 Å². The van der Waals surface area contributed by atoms with Crippen molar-refractivity contribution in [3.05, 3.63) is 52.3 Å². The Kier molecular flexibility index (Phi) is 5.87. The summed E-state index contributed by atoms with van der Waals surface area (Å²) in [6.45, 7) is 7.38.